The van der Waals surface area contributed by atoms with Crippen LogP contribution in [0.1, 0.15) is 0 Å². The zero-order chi connectivity index (χ0) is 11.1. The summed E-state index contributed by atoms with van der Waals surface area (Å²) in [5.74, 6) is -0.426. The molecule has 11 heteroatoms. The molecule has 0 saturated carbocycles. The van der Waals surface area contributed by atoms with E-state index in [2.05, 4.69) is 40.0 Å². The quantitative estimate of drug-likeness (QED) is 0.416. The van der Waals surface area contributed by atoms with E-state index in [0.29, 0.717) is 0 Å². The van der Waals surface area contributed by atoms with Crippen molar-refractivity contribution in [1.82, 2.24) is 9.97 Å². The molecule has 0 N–H and O–H groups in total. The van der Waals surface area contributed by atoms with Crippen molar-refractivity contribution < 1.29 is 0 Å². The first-order chi connectivity index (χ1) is 7.31. The molecule has 0 aromatic carbocycles. The molecule has 0 atom stereocenters. The number of azide groups is 3. The number of hydrogen-bond donors (Lipinski definition) is 0. The molecule has 0 amide bonds. The number of aromatic nitrogens is 2. The van der Waals surface area contributed by atoms with Gasteiger partial charge in [-0.1, -0.05) is 5.11 Å². The van der Waals surface area contributed by atoms with Crippen molar-refractivity contribution in [3.05, 3.63) is 37.5 Å². The molecule has 0 aliphatic heterocycles. The smallest absolute Gasteiger partial charge is 0.216 e. The molecule has 11 nitrogen and oxygen atoms in total. The Labute approximate surface area is 81.3 Å². The van der Waals surface area contributed by atoms with E-state index >= 15 is 0 Å². The summed E-state index contributed by atoms with van der Waals surface area (Å²) in [5, 5.41) is 9.42. The Bertz CT molecular complexity index is 511. The zero-order valence-corrected chi connectivity index (χ0v) is 7.00. The van der Waals surface area contributed by atoms with Gasteiger partial charge in [-0.05, 0) is 26.8 Å². The summed E-state index contributed by atoms with van der Waals surface area (Å²) in [5.41, 5.74) is 24.4. The summed E-state index contributed by atoms with van der Waals surface area (Å²) in [6.07, 6.45) is 1.08. The molecule has 0 spiro atoms. The summed E-state index contributed by atoms with van der Waals surface area (Å²) in [6.45, 7) is 0. The lowest BCUT2D eigenvalue weighted by atomic mass is 10.5. The van der Waals surface area contributed by atoms with Crippen LogP contribution in [0.15, 0.2) is 21.5 Å². The van der Waals surface area contributed by atoms with Crippen LogP contribution in [0.4, 0.5) is 17.5 Å². The first kappa shape index (κ1) is 10.1. The SMILES string of the molecule is [N-]=[N+]=Nc1ncc(N=[N+]=[N-])c(N=[N+]=[N-])n1. The van der Waals surface area contributed by atoms with Crippen LogP contribution in [0, 0.1) is 0 Å². The molecule has 0 unspecified atom stereocenters. The molecule has 0 bridgehead atoms. The molecule has 1 rings (SSSR count). The molecular formula is C4HN11. The molecule has 0 saturated heterocycles. The highest BCUT2D eigenvalue weighted by Crippen LogP contribution is 2.26. The van der Waals surface area contributed by atoms with Gasteiger partial charge in [-0.3, -0.25) is 0 Å². The monoisotopic (exact) mass is 203 g/mol. The Morgan fingerprint density at radius 1 is 1.00 bits per heavy atom. The Balaban J connectivity index is 3.37. The minimum absolute atomic E-state index is 0.0489. The largest absolute Gasteiger partial charge is 0.235 e. The average molecular weight is 203 g/mol. The van der Waals surface area contributed by atoms with Crippen LogP contribution in [0.25, 0.3) is 31.3 Å². The van der Waals surface area contributed by atoms with E-state index in [1.54, 1.807) is 0 Å². The Kier molecular flexibility index (Phi) is 3.29. The second-order valence-corrected chi connectivity index (χ2v) is 1.95. The molecule has 1 aromatic heterocycles. The van der Waals surface area contributed by atoms with Crippen molar-refractivity contribution in [3.8, 4) is 0 Å². The van der Waals surface area contributed by atoms with Crippen LogP contribution < -0.4 is 0 Å². The van der Waals surface area contributed by atoms with Gasteiger partial charge in [0.05, 0.1) is 5.69 Å². The minimum atomic E-state index is -0.225. The molecule has 1 aromatic rings. The Morgan fingerprint density at radius 3 is 2.27 bits per heavy atom. The Hall–Kier alpha value is -2.99. The predicted octanol–water partition coefficient (Wildman–Crippen LogP) is 3.30. The van der Waals surface area contributed by atoms with Gasteiger partial charge in [0, 0.05) is 20.9 Å². The molecule has 0 aliphatic carbocycles. The van der Waals surface area contributed by atoms with E-state index in [1.807, 2.05) is 0 Å². The van der Waals surface area contributed by atoms with Crippen LogP contribution in [0.5, 0.6) is 0 Å². The molecule has 0 fully saturated rings. The van der Waals surface area contributed by atoms with Crippen LogP contribution >= 0.6 is 0 Å². The normalized spacial score (nSPS) is 8.00. The van der Waals surface area contributed by atoms with E-state index in [0.717, 1.165) is 6.20 Å². The van der Waals surface area contributed by atoms with Gasteiger partial charge in [0.2, 0.25) is 5.95 Å². The topological polar surface area (TPSA) is 172 Å². The predicted molar refractivity (Wildman–Crippen MR) is 48.5 cm³/mol. The number of hydrogen-bond acceptors (Lipinski definition) is 5. The maximum atomic E-state index is 8.19. The third-order valence-corrected chi connectivity index (χ3v) is 1.16. The zero-order valence-electron chi connectivity index (χ0n) is 7.00. The van der Waals surface area contributed by atoms with E-state index in [4.69, 9.17) is 16.6 Å². The van der Waals surface area contributed by atoms with E-state index in [1.165, 1.54) is 0 Å². The van der Waals surface area contributed by atoms with Gasteiger partial charge < -0.3 is 0 Å². The molecule has 15 heavy (non-hydrogen) atoms. The van der Waals surface area contributed by atoms with Crippen molar-refractivity contribution in [2.75, 3.05) is 0 Å². The highest BCUT2D eigenvalue weighted by molar-refractivity contribution is 5.56. The summed E-state index contributed by atoms with van der Waals surface area (Å²) in [4.78, 5) is 14.5. The minimum Gasteiger partial charge on any atom is -0.235 e. The number of rotatable bonds is 3. The lowest BCUT2D eigenvalue weighted by molar-refractivity contribution is 1.10. The van der Waals surface area contributed by atoms with Crippen molar-refractivity contribution in [3.63, 3.8) is 0 Å². The summed E-state index contributed by atoms with van der Waals surface area (Å²) in [6, 6.07) is 0. The fourth-order valence-corrected chi connectivity index (χ4v) is 0.680. The third-order valence-electron chi connectivity index (χ3n) is 1.16. The first-order valence-electron chi connectivity index (χ1n) is 3.34. The maximum absolute atomic E-state index is 8.19. The van der Waals surface area contributed by atoms with Crippen LogP contribution in [-0.4, -0.2) is 9.97 Å². The van der Waals surface area contributed by atoms with Gasteiger partial charge in [-0.15, -0.1) is 0 Å². The summed E-state index contributed by atoms with van der Waals surface area (Å²) in [7, 11) is 0. The van der Waals surface area contributed by atoms with Crippen molar-refractivity contribution in [2.45, 2.75) is 0 Å². The molecule has 0 aliphatic rings. The molecular weight excluding hydrogens is 202 g/mol. The van der Waals surface area contributed by atoms with Crippen molar-refractivity contribution >= 4 is 17.5 Å². The van der Waals surface area contributed by atoms with Crippen LogP contribution in [0.2, 0.25) is 0 Å². The van der Waals surface area contributed by atoms with Gasteiger partial charge in [-0.25, -0.2) is 9.97 Å². The second-order valence-electron chi connectivity index (χ2n) is 1.95. The van der Waals surface area contributed by atoms with E-state index in [-0.39, 0.29) is 17.5 Å². The second kappa shape index (κ2) is 4.90. The molecule has 72 valence electrons. The van der Waals surface area contributed by atoms with E-state index < -0.39 is 0 Å². The fraction of sp³-hybridized carbons (Fsp3) is 0. The molecule has 0 radical (unpaired) electrons. The van der Waals surface area contributed by atoms with E-state index in [9.17, 15) is 0 Å². The summed E-state index contributed by atoms with van der Waals surface area (Å²) < 4.78 is 0. The van der Waals surface area contributed by atoms with Crippen molar-refractivity contribution in [1.29, 1.82) is 0 Å². The maximum Gasteiger partial charge on any atom is 0.216 e. The highest BCUT2D eigenvalue weighted by Gasteiger charge is 2.02. The summed E-state index contributed by atoms with van der Waals surface area (Å²) >= 11 is 0. The van der Waals surface area contributed by atoms with Crippen molar-refractivity contribution in [2.24, 2.45) is 15.3 Å². The van der Waals surface area contributed by atoms with Crippen LogP contribution in [0.3, 0.4) is 0 Å². The van der Waals surface area contributed by atoms with Gasteiger partial charge in [0.1, 0.15) is 5.82 Å². The first-order valence-corrected chi connectivity index (χ1v) is 3.34. The average Bonchev–Trinajstić information content (AvgIpc) is 2.23. The fourth-order valence-electron chi connectivity index (χ4n) is 0.680. The van der Waals surface area contributed by atoms with Gasteiger partial charge >= 0.3 is 0 Å². The third kappa shape index (κ3) is 2.47. The molecule has 1 heterocycles. The highest BCUT2D eigenvalue weighted by atomic mass is 15.3. The lowest BCUT2D eigenvalue weighted by Crippen LogP contribution is -1.79. The Morgan fingerprint density at radius 2 is 1.67 bits per heavy atom. The van der Waals surface area contributed by atoms with Gasteiger partial charge in [-0.2, -0.15) is 0 Å². The standard InChI is InChI=1S/C4HN11/c5-13-10-2-1-8-4(12-15-7)9-3(2)11-14-6/h1H. The number of nitrogens with zero attached hydrogens (tertiary/aromatic N) is 11. The van der Waals surface area contributed by atoms with Gasteiger partial charge in [0.25, 0.3) is 0 Å². The van der Waals surface area contributed by atoms with Crippen LogP contribution in [-0.2, 0) is 0 Å². The van der Waals surface area contributed by atoms with Gasteiger partial charge in [0.15, 0.2) is 0 Å². The lowest BCUT2D eigenvalue weighted by Gasteiger charge is -1.96.